The van der Waals surface area contributed by atoms with Gasteiger partial charge in [0.2, 0.25) is 0 Å². The summed E-state index contributed by atoms with van der Waals surface area (Å²) in [6.07, 6.45) is 1.08. The predicted octanol–water partition coefficient (Wildman–Crippen LogP) is 2.91. The number of hydrogen-bond donors (Lipinski definition) is 2. The van der Waals surface area contributed by atoms with E-state index in [4.69, 9.17) is 5.73 Å². The van der Waals surface area contributed by atoms with Crippen LogP contribution >= 0.6 is 0 Å². The second-order valence-corrected chi connectivity index (χ2v) is 5.37. The molecule has 2 rings (SSSR count). The lowest BCUT2D eigenvalue weighted by Crippen LogP contribution is -2.21. The SMILES string of the molecule is Cc1nc(NCCCN(C)Cc2ccccc2)ccc1N. The van der Waals surface area contributed by atoms with Gasteiger partial charge in [-0.1, -0.05) is 30.3 Å². The number of pyridine rings is 1. The van der Waals surface area contributed by atoms with Crippen molar-refractivity contribution in [3.8, 4) is 0 Å². The summed E-state index contributed by atoms with van der Waals surface area (Å²) in [6, 6.07) is 14.4. The van der Waals surface area contributed by atoms with Crippen LogP contribution in [0.15, 0.2) is 42.5 Å². The number of nitrogen functional groups attached to an aromatic ring is 1. The van der Waals surface area contributed by atoms with Gasteiger partial charge in [0, 0.05) is 13.1 Å². The average molecular weight is 284 g/mol. The molecule has 0 spiro atoms. The number of nitrogens with two attached hydrogens (primary N) is 1. The van der Waals surface area contributed by atoms with Crippen molar-refractivity contribution >= 4 is 11.5 Å². The molecule has 0 amide bonds. The summed E-state index contributed by atoms with van der Waals surface area (Å²) in [6.45, 7) is 4.87. The molecule has 21 heavy (non-hydrogen) atoms. The Morgan fingerprint density at radius 3 is 2.62 bits per heavy atom. The second-order valence-electron chi connectivity index (χ2n) is 5.37. The molecule has 0 unspecified atom stereocenters. The fourth-order valence-electron chi connectivity index (χ4n) is 2.21. The molecule has 1 aromatic heterocycles. The van der Waals surface area contributed by atoms with Crippen LogP contribution in [0.25, 0.3) is 0 Å². The maximum absolute atomic E-state index is 5.76. The summed E-state index contributed by atoms with van der Waals surface area (Å²) in [5, 5.41) is 3.34. The Balaban J connectivity index is 1.68. The van der Waals surface area contributed by atoms with E-state index in [0.29, 0.717) is 0 Å². The van der Waals surface area contributed by atoms with Crippen molar-refractivity contribution in [2.24, 2.45) is 0 Å². The third kappa shape index (κ3) is 5.08. The van der Waals surface area contributed by atoms with Crippen molar-refractivity contribution in [1.29, 1.82) is 0 Å². The molecule has 0 aliphatic heterocycles. The number of rotatable bonds is 7. The van der Waals surface area contributed by atoms with Crippen LogP contribution in [-0.2, 0) is 6.54 Å². The summed E-state index contributed by atoms with van der Waals surface area (Å²) >= 11 is 0. The molecule has 3 N–H and O–H groups in total. The summed E-state index contributed by atoms with van der Waals surface area (Å²) in [5.74, 6) is 0.896. The summed E-state index contributed by atoms with van der Waals surface area (Å²) in [5.41, 5.74) is 8.73. The van der Waals surface area contributed by atoms with Gasteiger partial charge in [0.15, 0.2) is 0 Å². The zero-order valence-corrected chi connectivity index (χ0v) is 12.8. The zero-order valence-electron chi connectivity index (χ0n) is 12.8. The van der Waals surface area contributed by atoms with Crippen molar-refractivity contribution in [1.82, 2.24) is 9.88 Å². The Morgan fingerprint density at radius 2 is 1.90 bits per heavy atom. The van der Waals surface area contributed by atoms with Gasteiger partial charge in [-0.3, -0.25) is 0 Å². The smallest absolute Gasteiger partial charge is 0.126 e. The van der Waals surface area contributed by atoms with Crippen LogP contribution in [0.5, 0.6) is 0 Å². The maximum atomic E-state index is 5.76. The van der Waals surface area contributed by atoms with Crippen LogP contribution in [0, 0.1) is 6.92 Å². The van der Waals surface area contributed by atoms with Crippen molar-refractivity contribution in [2.45, 2.75) is 19.9 Å². The van der Waals surface area contributed by atoms with Gasteiger partial charge in [-0.05, 0) is 44.6 Å². The van der Waals surface area contributed by atoms with Gasteiger partial charge in [0.1, 0.15) is 5.82 Å². The van der Waals surface area contributed by atoms with Gasteiger partial charge in [-0.25, -0.2) is 4.98 Å². The molecule has 0 fully saturated rings. The van der Waals surface area contributed by atoms with Crippen LogP contribution in [0.4, 0.5) is 11.5 Å². The first-order valence-corrected chi connectivity index (χ1v) is 7.34. The minimum Gasteiger partial charge on any atom is -0.397 e. The van der Waals surface area contributed by atoms with E-state index >= 15 is 0 Å². The molecule has 4 heteroatoms. The highest BCUT2D eigenvalue weighted by molar-refractivity contribution is 5.48. The molecule has 4 nitrogen and oxygen atoms in total. The van der Waals surface area contributed by atoms with Gasteiger partial charge in [-0.2, -0.15) is 0 Å². The van der Waals surface area contributed by atoms with Crippen LogP contribution in [-0.4, -0.2) is 30.0 Å². The van der Waals surface area contributed by atoms with E-state index in [1.165, 1.54) is 5.56 Å². The number of aryl methyl sites for hydroxylation is 1. The second kappa shape index (κ2) is 7.64. The Bertz CT molecular complexity index is 554. The normalized spacial score (nSPS) is 10.8. The Kier molecular flexibility index (Phi) is 5.58. The molecular weight excluding hydrogens is 260 g/mol. The van der Waals surface area contributed by atoms with E-state index in [1.807, 2.05) is 19.1 Å². The highest BCUT2D eigenvalue weighted by Crippen LogP contribution is 2.11. The van der Waals surface area contributed by atoms with Gasteiger partial charge < -0.3 is 16.0 Å². The number of nitrogens with zero attached hydrogens (tertiary/aromatic N) is 2. The topological polar surface area (TPSA) is 54.2 Å². The molecule has 0 bridgehead atoms. The molecule has 0 aliphatic rings. The van der Waals surface area contributed by atoms with E-state index < -0.39 is 0 Å². The highest BCUT2D eigenvalue weighted by atomic mass is 15.1. The van der Waals surface area contributed by atoms with Crippen LogP contribution < -0.4 is 11.1 Å². The van der Waals surface area contributed by atoms with Gasteiger partial charge in [-0.15, -0.1) is 0 Å². The van der Waals surface area contributed by atoms with E-state index in [2.05, 4.69) is 52.6 Å². The minimum absolute atomic E-state index is 0.739. The van der Waals surface area contributed by atoms with Gasteiger partial charge in [0.05, 0.1) is 11.4 Å². The predicted molar refractivity (Wildman–Crippen MR) is 89.3 cm³/mol. The highest BCUT2D eigenvalue weighted by Gasteiger charge is 2.01. The number of aromatic nitrogens is 1. The molecule has 1 aromatic carbocycles. The number of anilines is 2. The van der Waals surface area contributed by atoms with Crippen molar-refractivity contribution in [3.05, 3.63) is 53.7 Å². The third-order valence-corrected chi connectivity index (χ3v) is 3.44. The lowest BCUT2D eigenvalue weighted by Gasteiger charge is -2.17. The molecule has 2 aromatic rings. The van der Waals surface area contributed by atoms with E-state index in [9.17, 15) is 0 Å². The van der Waals surface area contributed by atoms with Crippen molar-refractivity contribution in [3.63, 3.8) is 0 Å². The quantitative estimate of drug-likeness (QED) is 0.768. The lowest BCUT2D eigenvalue weighted by molar-refractivity contribution is 0.325. The number of nitrogens with one attached hydrogen (secondary N) is 1. The summed E-state index contributed by atoms with van der Waals surface area (Å²) in [4.78, 5) is 6.74. The summed E-state index contributed by atoms with van der Waals surface area (Å²) in [7, 11) is 2.15. The molecule has 0 saturated carbocycles. The number of hydrogen-bond acceptors (Lipinski definition) is 4. The first kappa shape index (κ1) is 15.3. The first-order valence-electron chi connectivity index (χ1n) is 7.34. The van der Waals surface area contributed by atoms with Crippen LogP contribution in [0.2, 0.25) is 0 Å². The molecule has 112 valence electrons. The van der Waals surface area contributed by atoms with E-state index in [1.54, 1.807) is 0 Å². The zero-order chi connectivity index (χ0) is 15.1. The fraction of sp³-hybridized carbons (Fsp3) is 0.353. The van der Waals surface area contributed by atoms with Gasteiger partial charge >= 0.3 is 0 Å². The molecule has 0 saturated heterocycles. The molecule has 0 atom stereocenters. The largest absolute Gasteiger partial charge is 0.397 e. The Labute approximate surface area is 127 Å². The Hall–Kier alpha value is -2.07. The monoisotopic (exact) mass is 284 g/mol. The van der Waals surface area contributed by atoms with E-state index in [0.717, 1.165) is 43.3 Å². The third-order valence-electron chi connectivity index (χ3n) is 3.44. The van der Waals surface area contributed by atoms with E-state index in [-0.39, 0.29) is 0 Å². The lowest BCUT2D eigenvalue weighted by atomic mass is 10.2. The maximum Gasteiger partial charge on any atom is 0.126 e. The van der Waals surface area contributed by atoms with Crippen LogP contribution in [0.1, 0.15) is 17.7 Å². The molecule has 0 aliphatic carbocycles. The van der Waals surface area contributed by atoms with Crippen molar-refractivity contribution < 1.29 is 0 Å². The fourth-order valence-corrected chi connectivity index (χ4v) is 2.21. The number of benzene rings is 1. The minimum atomic E-state index is 0.739. The molecule has 0 radical (unpaired) electrons. The standard InChI is InChI=1S/C17H24N4/c1-14-16(18)9-10-17(20-14)19-11-6-12-21(2)13-15-7-4-3-5-8-15/h3-5,7-10H,6,11-13,18H2,1-2H3,(H,19,20). The Morgan fingerprint density at radius 1 is 1.14 bits per heavy atom. The molecule has 1 heterocycles. The van der Waals surface area contributed by atoms with Gasteiger partial charge in [0.25, 0.3) is 0 Å². The average Bonchev–Trinajstić information content (AvgIpc) is 2.48. The first-order chi connectivity index (χ1) is 10.1. The molecular formula is C17H24N4. The van der Waals surface area contributed by atoms with Crippen molar-refractivity contribution in [2.75, 3.05) is 31.2 Å². The van der Waals surface area contributed by atoms with Crippen LogP contribution in [0.3, 0.4) is 0 Å². The summed E-state index contributed by atoms with van der Waals surface area (Å²) < 4.78 is 0.